The van der Waals surface area contributed by atoms with Gasteiger partial charge in [-0.05, 0) is 20.4 Å². The van der Waals surface area contributed by atoms with E-state index < -0.39 is 0 Å². The topological polar surface area (TPSA) is 29.5 Å². The molecule has 3 nitrogen and oxygen atoms in total. The number of ketones is 1. The molecular weight excluding hydrogens is 226 g/mol. The molecule has 0 N–H and O–H groups in total. The first kappa shape index (κ1) is 14.9. The highest BCUT2D eigenvalue weighted by Crippen LogP contribution is 2.10. The van der Waals surface area contributed by atoms with Crippen molar-refractivity contribution in [3.63, 3.8) is 0 Å². The average molecular weight is 249 g/mol. The number of carbonyl (C=O) groups excluding carboxylic acids is 1. The lowest BCUT2D eigenvalue weighted by molar-refractivity contribution is 0.0758. The summed E-state index contributed by atoms with van der Waals surface area (Å²) in [7, 11) is 1.98. The monoisotopic (exact) mass is 249 g/mol. The Morgan fingerprint density at radius 3 is 2.50 bits per heavy atom. The van der Waals surface area contributed by atoms with E-state index in [0.29, 0.717) is 6.61 Å². The zero-order chi connectivity index (χ0) is 13.4. The highest BCUT2D eigenvalue weighted by Gasteiger charge is 2.21. The second-order valence-electron chi connectivity index (χ2n) is 4.33. The molecule has 0 aliphatic heterocycles. The van der Waals surface area contributed by atoms with Crippen molar-refractivity contribution in [3.8, 4) is 0 Å². The number of ether oxygens (including phenoxy) is 1. The van der Waals surface area contributed by atoms with Gasteiger partial charge in [0.05, 0.1) is 12.6 Å². The van der Waals surface area contributed by atoms with Gasteiger partial charge < -0.3 is 4.74 Å². The fourth-order valence-electron chi connectivity index (χ4n) is 2.00. The van der Waals surface area contributed by atoms with E-state index in [2.05, 4.69) is 4.90 Å². The largest absolute Gasteiger partial charge is 0.380 e. The van der Waals surface area contributed by atoms with Gasteiger partial charge in [0.2, 0.25) is 0 Å². The third-order valence-electron chi connectivity index (χ3n) is 3.07. The molecule has 0 saturated carbocycles. The van der Waals surface area contributed by atoms with Crippen molar-refractivity contribution >= 4 is 5.78 Å². The summed E-state index contributed by atoms with van der Waals surface area (Å²) >= 11 is 0. The van der Waals surface area contributed by atoms with Gasteiger partial charge in [0.25, 0.3) is 0 Å². The van der Waals surface area contributed by atoms with E-state index in [9.17, 15) is 4.79 Å². The quantitative estimate of drug-likeness (QED) is 0.524. The average Bonchev–Trinajstić information content (AvgIpc) is 2.41. The summed E-state index contributed by atoms with van der Waals surface area (Å²) in [5, 5.41) is 0. The summed E-state index contributed by atoms with van der Waals surface area (Å²) in [5.74, 6) is 0.192. The van der Waals surface area contributed by atoms with Crippen molar-refractivity contribution < 1.29 is 9.53 Å². The summed E-state index contributed by atoms with van der Waals surface area (Å²) in [6, 6.07) is 9.42. The SMILES string of the molecule is CCOCCN(C)C(CC)C(=O)c1ccccc1. The molecule has 0 fully saturated rings. The minimum Gasteiger partial charge on any atom is -0.380 e. The zero-order valence-corrected chi connectivity index (χ0v) is 11.6. The van der Waals surface area contributed by atoms with Crippen LogP contribution in [0.25, 0.3) is 0 Å². The van der Waals surface area contributed by atoms with Crippen LogP contribution in [0, 0.1) is 0 Å². The molecule has 0 heterocycles. The van der Waals surface area contributed by atoms with Crippen molar-refractivity contribution in [1.29, 1.82) is 0 Å². The lowest BCUT2D eigenvalue weighted by Gasteiger charge is -2.25. The van der Waals surface area contributed by atoms with Crippen LogP contribution in [0.1, 0.15) is 30.6 Å². The first-order valence-electron chi connectivity index (χ1n) is 6.57. The number of likely N-dealkylation sites (N-methyl/N-ethyl adjacent to an activating group) is 1. The molecule has 0 amide bonds. The van der Waals surface area contributed by atoms with Crippen molar-refractivity contribution in [3.05, 3.63) is 35.9 Å². The van der Waals surface area contributed by atoms with Crippen LogP contribution in [0.2, 0.25) is 0 Å². The lowest BCUT2D eigenvalue weighted by Crippen LogP contribution is -2.40. The molecule has 0 aliphatic carbocycles. The van der Waals surface area contributed by atoms with Gasteiger partial charge in [0, 0.05) is 18.7 Å². The maximum Gasteiger partial charge on any atom is 0.179 e. The van der Waals surface area contributed by atoms with Crippen molar-refractivity contribution in [2.75, 3.05) is 26.8 Å². The second-order valence-corrected chi connectivity index (χ2v) is 4.33. The van der Waals surface area contributed by atoms with Crippen molar-refractivity contribution in [1.82, 2.24) is 4.90 Å². The molecule has 1 atom stereocenters. The molecule has 0 radical (unpaired) electrons. The second kappa shape index (κ2) is 8.01. The molecule has 1 aromatic rings. The number of Topliss-reactive ketones (excluding diaryl/α,β-unsaturated/α-hetero) is 1. The minimum atomic E-state index is -0.0622. The molecule has 0 spiro atoms. The highest BCUT2D eigenvalue weighted by molar-refractivity contribution is 6.00. The van der Waals surface area contributed by atoms with Gasteiger partial charge in [-0.25, -0.2) is 0 Å². The van der Waals surface area contributed by atoms with E-state index in [1.54, 1.807) is 0 Å². The van der Waals surface area contributed by atoms with Crippen LogP contribution in [0.3, 0.4) is 0 Å². The van der Waals surface area contributed by atoms with E-state index in [-0.39, 0.29) is 11.8 Å². The van der Waals surface area contributed by atoms with Gasteiger partial charge in [0.15, 0.2) is 5.78 Å². The fourth-order valence-corrected chi connectivity index (χ4v) is 2.00. The van der Waals surface area contributed by atoms with Gasteiger partial charge in [-0.1, -0.05) is 37.3 Å². The van der Waals surface area contributed by atoms with Crippen LogP contribution < -0.4 is 0 Å². The van der Waals surface area contributed by atoms with Gasteiger partial charge >= 0.3 is 0 Å². The summed E-state index contributed by atoms with van der Waals surface area (Å²) in [4.78, 5) is 14.4. The first-order valence-corrected chi connectivity index (χ1v) is 6.57. The number of carbonyl (C=O) groups is 1. The molecule has 0 bridgehead atoms. The lowest BCUT2D eigenvalue weighted by atomic mass is 10.0. The molecule has 0 aromatic heterocycles. The Labute approximate surface area is 110 Å². The molecule has 1 unspecified atom stereocenters. The van der Waals surface area contributed by atoms with Crippen molar-refractivity contribution in [2.24, 2.45) is 0 Å². The Morgan fingerprint density at radius 2 is 1.94 bits per heavy atom. The fraction of sp³-hybridized carbons (Fsp3) is 0.533. The van der Waals surface area contributed by atoms with E-state index in [1.807, 2.05) is 51.2 Å². The minimum absolute atomic E-state index is 0.0622. The molecule has 100 valence electrons. The van der Waals surface area contributed by atoms with Gasteiger partial charge in [-0.2, -0.15) is 0 Å². The number of benzene rings is 1. The Kier molecular flexibility index (Phi) is 6.61. The number of nitrogens with zero attached hydrogens (tertiary/aromatic N) is 1. The summed E-state index contributed by atoms with van der Waals surface area (Å²) in [5.41, 5.74) is 0.785. The Morgan fingerprint density at radius 1 is 1.28 bits per heavy atom. The summed E-state index contributed by atoms with van der Waals surface area (Å²) < 4.78 is 5.33. The maximum absolute atomic E-state index is 12.4. The molecule has 18 heavy (non-hydrogen) atoms. The van der Waals surface area contributed by atoms with Crippen LogP contribution in [-0.2, 0) is 4.74 Å². The van der Waals surface area contributed by atoms with E-state index >= 15 is 0 Å². The molecule has 1 rings (SSSR count). The summed E-state index contributed by atoms with van der Waals surface area (Å²) in [6.07, 6.45) is 0.816. The Balaban J connectivity index is 2.62. The Bertz CT molecular complexity index is 351. The van der Waals surface area contributed by atoms with E-state index in [0.717, 1.165) is 25.1 Å². The number of hydrogen-bond acceptors (Lipinski definition) is 3. The van der Waals surface area contributed by atoms with Crippen LogP contribution >= 0.6 is 0 Å². The molecule has 3 heteroatoms. The van der Waals surface area contributed by atoms with E-state index in [1.165, 1.54) is 0 Å². The standard InChI is InChI=1S/C15H23NO2/c1-4-14(16(3)11-12-18-5-2)15(17)13-9-7-6-8-10-13/h6-10,14H,4-5,11-12H2,1-3H3. The smallest absolute Gasteiger partial charge is 0.179 e. The summed E-state index contributed by atoms with van der Waals surface area (Å²) in [6.45, 7) is 6.20. The van der Waals surface area contributed by atoms with Crippen LogP contribution in [0.5, 0.6) is 0 Å². The third-order valence-corrected chi connectivity index (χ3v) is 3.07. The zero-order valence-electron chi connectivity index (χ0n) is 11.6. The van der Waals surface area contributed by atoms with Gasteiger partial charge in [-0.3, -0.25) is 9.69 Å². The molecule has 0 aliphatic rings. The van der Waals surface area contributed by atoms with Crippen LogP contribution in [-0.4, -0.2) is 43.5 Å². The highest BCUT2D eigenvalue weighted by atomic mass is 16.5. The molecular formula is C15H23NO2. The van der Waals surface area contributed by atoms with Crippen LogP contribution in [0.15, 0.2) is 30.3 Å². The number of rotatable bonds is 8. The number of hydrogen-bond donors (Lipinski definition) is 0. The van der Waals surface area contributed by atoms with E-state index in [4.69, 9.17) is 4.74 Å². The predicted octanol–water partition coefficient (Wildman–Crippen LogP) is 2.62. The Hall–Kier alpha value is -1.19. The molecule has 0 saturated heterocycles. The van der Waals surface area contributed by atoms with Crippen molar-refractivity contribution in [2.45, 2.75) is 26.3 Å². The molecule has 1 aromatic carbocycles. The van der Waals surface area contributed by atoms with Gasteiger partial charge in [0.1, 0.15) is 0 Å². The maximum atomic E-state index is 12.4. The van der Waals surface area contributed by atoms with Crippen LogP contribution in [0.4, 0.5) is 0 Å². The normalized spacial score (nSPS) is 12.7. The predicted molar refractivity (Wildman–Crippen MR) is 74.0 cm³/mol. The van der Waals surface area contributed by atoms with Gasteiger partial charge in [-0.15, -0.1) is 0 Å². The first-order chi connectivity index (χ1) is 8.70. The third kappa shape index (κ3) is 4.24.